The molecule has 0 aliphatic carbocycles. The molecule has 0 atom stereocenters. The smallest absolute Gasteiger partial charge is 0.133 e. The Hall–Kier alpha value is -1.63. The van der Waals surface area contributed by atoms with Crippen LogP contribution in [0.15, 0.2) is 40.9 Å². The first-order valence-corrected chi connectivity index (χ1v) is 8.51. The largest absolute Gasteiger partial charge is 0.302 e. The molecule has 1 aliphatic heterocycles. The predicted octanol–water partition coefficient (Wildman–Crippen LogP) is 2.22. The number of carbonyl (C=O) groups excluding carboxylic acids is 1. The third kappa shape index (κ3) is 4.43. The fourth-order valence-corrected chi connectivity index (χ4v) is 2.95. The summed E-state index contributed by atoms with van der Waals surface area (Å²) in [7, 11) is 0. The van der Waals surface area contributed by atoms with E-state index in [1.165, 1.54) is 0 Å². The quantitative estimate of drug-likeness (QED) is 0.751. The lowest BCUT2D eigenvalue weighted by molar-refractivity contribution is -0.109. The van der Waals surface area contributed by atoms with E-state index in [4.69, 9.17) is 0 Å². The van der Waals surface area contributed by atoms with Crippen LogP contribution in [0.4, 0.5) is 0 Å². The van der Waals surface area contributed by atoms with Crippen molar-refractivity contribution in [1.82, 2.24) is 20.0 Å². The highest BCUT2D eigenvalue weighted by molar-refractivity contribution is 9.10. The average Bonchev–Trinajstić information content (AvgIpc) is 2.58. The molecule has 0 radical (unpaired) electrons. The Labute approximate surface area is 144 Å². The normalized spacial score (nSPS) is 16.4. The molecule has 0 spiro atoms. The van der Waals surface area contributed by atoms with Crippen LogP contribution in [0.2, 0.25) is 0 Å². The van der Waals surface area contributed by atoms with E-state index >= 15 is 0 Å². The van der Waals surface area contributed by atoms with Crippen LogP contribution in [-0.2, 0) is 11.3 Å². The Morgan fingerprint density at radius 2 is 1.65 bits per heavy atom. The summed E-state index contributed by atoms with van der Waals surface area (Å²) in [4.78, 5) is 15.1. The zero-order chi connectivity index (χ0) is 16.1. The number of aldehydes is 1. The number of nitrogens with zero attached hydrogens (tertiary/aromatic N) is 4. The van der Waals surface area contributed by atoms with E-state index in [2.05, 4.69) is 35.9 Å². The fraction of sp³-hybridized carbons (Fsp3) is 0.353. The molecule has 0 saturated carbocycles. The number of carbonyl (C=O) groups is 1. The van der Waals surface area contributed by atoms with Crippen LogP contribution in [0.25, 0.3) is 11.3 Å². The minimum absolute atomic E-state index is 0.537. The van der Waals surface area contributed by atoms with E-state index in [9.17, 15) is 4.79 Å². The first-order valence-electron chi connectivity index (χ1n) is 7.71. The Kier molecular flexibility index (Phi) is 5.48. The van der Waals surface area contributed by atoms with Gasteiger partial charge in [0.15, 0.2) is 0 Å². The van der Waals surface area contributed by atoms with Crippen LogP contribution in [0.5, 0.6) is 0 Å². The van der Waals surface area contributed by atoms with E-state index in [1.807, 2.05) is 36.4 Å². The van der Waals surface area contributed by atoms with Gasteiger partial charge in [-0.15, -0.1) is 0 Å². The van der Waals surface area contributed by atoms with Crippen molar-refractivity contribution in [3.63, 3.8) is 0 Å². The first kappa shape index (κ1) is 16.2. The van der Waals surface area contributed by atoms with Crippen molar-refractivity contribution in [2.75, 3.05) is 32.7 Å². The van der Waals surface area contributed by atoms with Crippen LogP contribution in [-0.4, -0.2) is 59.0 Å². The second-order valence-electron chi connectivity index (χ2n) is 5.66. The number of rotatable bonds is 5. The molecule has 1 fully saturated rings. The number of benzene rings is 1. The van der Waals surface area contributed by atoms with Gasteiger partial charge in [0.2, 0.25) is 0 Å². The monoisotopic (exact) mass is 374 g/mol. The maximum Gasteiger partial charge on any atom is 0.133 e. The van der Waals surface area contributed by atoms with E-state index in [0.717, 1.165) is 60.4 Å². The summed E-state index contributed by atoms with van der Waals surface area (Å²) in [5.41, 5.74) is 2.93. The molecule has 120 valence electrons. The van der Waals surface area contributed by atoms with Gasteiger partial charge in [-0.1, -0.05) is 28.1 Å². The maximum absolute atomic E-state index is 10.5. The second-order valence-corrected chi connectivity index (χ2v) is 6.58. The standard InChI is InChI=1S/C17H19BrN4O/c18-15-3-1-14(2-4-15)17-6-5-16(19-20-17)13-22-9-7-21(8-10-22)11-12-23/h1-6,12H,7-11,13H2. The highest BCUT2D eigenvalue weighted by Crippen LogP contribution is 2.19. The SMILES string of the molecule is O=CCN1CCN(Cc2ccc(-c3ccc(Br)cc3)nn2)CC1. The van der Waals surface area contributed by atoms with Gasteiger partial charge < -0.3 is 4.79 Å². The van der Waals surface area contributed by atoms with Gasteiger partial charge in [-0.05, 0) is 24.3 Å². The van der Waals surface area contributed by atoms with Crippen molar-refractivity contribution in [3.05, 3.63) is 46.6 Å². The minimum Gasteiger partial charge on any atom is -0.302 e. The van der Waals surface area contributed by atoms with Crippen LogP contribution >= 0.6 is 15.9 Å². The Balaban J connectivity index is 1.58. The van der Waals surface area contributed by atoms with Crippen molar-refractivity contribution in [2.45, 2.75) is 6.54 Å². The van der Waals surface area contributed by atoms with Crippen molar-refractivity contribution < 1.29 is 4.79 Å². The minimum atomic E-state index is 0.537. The molecule has 0 unspecified atom stereocenters. The molecular weight excluding hydrogens is 356 g/mol. The lowest BCUT2D eigenvalue weighted by Gasteiger charge is -2.33. The van der Waals surface area contributed by atoms with Gasteiger partial charge in [-0.25, -0.2) is 0 Å². The van der Waals surface area contributed by atoms with Crippen molar-refractivity contribution in [3.8, 4) is 11.3 Å². The van der Waals surface area contributed by atoms with E-state index < -0.39 is 0 Å². The van der Waals surface area contributed by atoms with Gasteiger partial charge in [0.05, 0.1) is 17.9 Å². The zero-order valence-corrected chi connectivity index (χ0v) is 14.4. The summed E-state index contributed by atoms with van der Waals surface area (Å²) in [6.45, 7) is 5.14. The summed E-state index contributed by atoms with van der Waals surface area (Å²) in [5, 5.41) is 8.69. The summed E-state index contributed by atoms with van der Waals surface area (Å²) >= 11 is 3.43. The van der Waals surface area contributed by atoms with Gasteiger partial charge in [0.1, 0.15) is 6.29 Å². The highest BCUT2D eigenvalue weighted by Gasteiger charge is 2.16. The Morgan fingerprint density at radius 3 is 2.26 bits per heavy atom. The molecule has 1 saturated heterocycles. The number of piperazine rings is 1. The maximum atomic E-state index is 10.5. The van der Waals surface area contributed by atoms with E-state index in [-0.39, 0.29) is 0 Å². The van der Waals surface area contributed by atoms with Crippen molar-refractivity contribution >= 4 is 22.2 Å². The molecule has 0 N–H and O–H groups in total. The van der Waals surface area contributed by atoms with Gasteiger partial charge in [-0.2, -0.15) is 10.2 Å². The lowest BCUT2D eigenvalue weighted by atomic mass is 10.1. The molecule has 5 nitrogen and oxygen atoms in total. The van der Waals surface area contributed by atoms with Gasteiger partial charge in [-0.3, -0.25) is 9.80 Å². The average molecular weight is 375 g/mol. The topological polar surface area (TPSA) is 49.3 Å². The lowest BCUT2D eigenvalue weighted by Crippen LogP contribution is -2.46. The summed E-state index contributed by atoms with van der Waals surface area (Å²) in [6.07, 6.45) is 0.974. The summed E-state index contributed by atoms with van der Waals surface area (Å²) in [6, 6.07) is 12.1. The van der Waals surface area contributed by atoms with Gasteiger partial charge >= 0.3 is 0 Å². The van der Waals surface area contributed by atoms with Crippen LogP contribution < -0.4 is 0 Å². The Bertz CT molecular complexity index is 637. The molecule has 1 aromatic heterocycles. The first-order chi connectivity index (χ1) is 11.2. The van der Waals surface area contributed by atoms with Crippen LogP contribution in [0.1, 0.15) is 5.69 Å². The molecular formula is C17H19BrN4O. The Morgan fingerprint density at radius 1 is 0.957 bits per heavy atom. The molecule has 6 heteroatoms. The number of hydrogen-bond donors (Lipinski definition) is 0. The number of aromatic nitrogens is 2. The third-order valence-electron chi connectivity index (χ3n) is 4.04. The van der Waals surface area contributed by atoms with Crippen molar-refractivity contribution in [1.29, 1.82) is 0 Å². The fourth-order valence-electron chi connectivity index (χ4n) is 2.68. The molecule has 1 aromatic carbocycles. The van der Waals surface area contributed by atoms with Crippen molar-refractivity contribution in [2.24, 2.45) is 0 Å². The number of halogens is 1. The molecule has 2 heterocycles. The summed E-state index contributed by atoms with van der Waals surface area (Å²) < 4.78 is 1.06. The van der Waals surface area contributed by atoms with Gasteiger partial charge in [0, 0.05) is 42.8 Å². The molecule has 23 heavy (non-hydrogen) atoms. The molecule has 0 amide bonds. The van der Waals surface area contributed by atoms with Crippen LogP contribution in [0.3, 0.4) is 0 Å². The summed E-state index contributed by atoms with van der Waals surface area (Å²) in [5.74, 6) is 0. The molecule has 0 bridgehead atoms. The molecule has 1 aliphatic rings. The second kappa shape index (κ2) is 7.77. The van der Waals surface area contributed by atoms with E-state index in [0.29, 0.717) is 6.54 Å². The van der Waals surface area contributed by atoms with Gasteiger partial charge in [0.25, 0.3) is 0 Å². The zero-order valence-electron chi connectivity index (χ0n) is 12.9. The molecule has 3 rings (SSSR count). The van der Waals surface area contributed by atoms with Crippen LogP contribution in [0, 0.1) is 0 Å². The predicted molar refractivity (Wildman–Crippen MR) is 92.9 cm³/mol. The molecule has 2 aromatic rings. The van der Waals surface area contributed by atoms with E-state index in [1.54, 1.807) is 0 Å². The third-order valence-corrected chi connectivity index (χ3v) is 4.57. The number of hydrogen-bond acceptors (Lipinski definition) is 5. The highest BCUT2D eigenvalue weighted by atomic mass is 79.9.